The van der Waals surface area contributed by atoms with Crippen molar-refractivity contribution in [3.8, 4) is 0 Å². The molecule has 2 aromatic rings. The van der Waals surface area contributed by atoms with E-state index in [0.717, 1.165) is 37.6 Å². The maximum atomic E-state index is 13.5. The van der Waals surface area contributed by atoms with E-state index >= 15 is 0 Å². The largest absolute Gasteiger partial charge is 0.357 e. The normalized spacial score (nSPS) is 11.5. The van der Waals surface area contributed by atoms with Crippen molar-refractivity contribution >= 4 is 5.96 Å². The van der Waals surface area contributed by atoms with Gasteiger partial charge in [0.15, 0.2) is 5.96 Å². The van der Waals surface area contributed by atoms with E-state index in [4.69, 9.17) is 0 Å². The van der Waals surface area contributed by atoms with Crippen LogP contribution in [0, 0.1) is 12.7 Å². The zero-order valence-electron chi connectivity index (χ0n) is 13.7. The third-order valence-electron chi connectivity index (χ3n) is 3.42. The molecule has 0 atom stereocenters. The summed E-state index contributed by atoms with van der Waals surface area (Å²) < 4.78 is 15.5. The first-order valence-electron chi connectivity index (χ1n) is 7.93. The summed E-state index contributed by atoms with van der Waals surface area (Å²) in [5.74, 6) is 0.559. The van der Waals surface area contributed by atoms with E-state index in [1.807, 2.05) is 29.9 Å². The Balaban J connectivity index is 1.82. The van der Waals surface area contributed by atoms with Gasteiger partial charge < -0.3 is 10.6 Å². The number of rotatable bonds is 7. The summed E-state index contributed by atoms with van der Waals surface area (Å²) >= 11 is 0. The molecule has 1 aromatic heterocycles. The summed E-state index contributed by atoms with van der Waals surface area (Å²) in [5.41, 5.74) is 1.52. The Morgan fingerprint density at radius 3 is 2.91 bits per heavy atom. The van der Waals surface area contributed by atoms with Crippen molar-refractivity contribution in [2.24, 2.45) is 4.99 Å². The summed E-state index contributed by atoms with van der Waals surface area (Å²) in [5, 5.41) is 10.6. The molecule has 0 aliphatic carbocycles. The van der Waals surface area contributed by atoms with Crippen molar-refractivity contribution in [3.05, 3.63) is 53.6 Å². The molecule has 0 fully saturated rings. The Bertz CT molecular complexity index is 622. The zero-order valence-corrected chi connectivity index (χ0v) is 13.7. The third-order valence-corrected chi connectivity index (χ3v) is 3.42. The Morgan fingerprint density at radius 2 is 2.22 bits per heavy atom. The smallest absolute Gasteiger partial charge is 0.191 e. The minimum absolute atomic E-state index is 0.185. The van der Waals surface area contributed by atoms with E-state index in [1.54, 1.807) is 25.3 Å². The fourth-order valence-electron chi connectivity index (χ4n) is 2.13. The lowest BCUT2D eigenvalue weighted by Gasteiger charge is -2.11. The molecule has 0 bridgehead atoms. The number of nitrogens with zero attached hydrogens (tertiary/aromatic N) is 3. The molecule has 0 spiro atoms. The van der Waals surface area contributed by atoms with Gasteiger partial charge in [-0.3, -0.25) is 4.68 Å². The van der Waals surface area contributed by atoms with Gasteiger partial charge in [0.05, 0.1) is 6.54 Å². The fraction of sp³-hybridized carbons (Fsp3) is 0.412. The van der Waals surface area contributed by atoms with Crippen molar-refractivity contribution in [2.75, 3.05) is 13.1 Å². The molecule has 2 N–H and O–H groups in total. The molecule has 2 rings (SSSR count). The summed E-state index contributed by atoms with van der Waals surface area (Å²) in [6, 6.07) is 7.15. The molecule has 6 heteroatoms. The number of hydrogen-bond donors (Lipinski definition) is 2. The summed E-state index contributed by atoms with van der Waals surface area (Å²) in [6.45, 7) is 6.68. The average Bonchev–Trinajstić information content (AvgIpc) is 3.05. The number of halogens is 1. The van der Waals surface area contributed by atoms with E-state index < -0.39 is 0 Å². The molecule has 0 aliphatic rings. The molecule has 23 heavy (non-hydrogen) atoms. The van der Waals surface area contributed by atoms with Gasteiger partial charge in [-0.2, -0.15) is 5.10 Å². The SMILES string of the molecule is CCNC(=NCc1ccc(C)c(F)c1)NCCCn1cccn1. The van der Waals surface area contributed by atoms with Crippen molar-refractivity contribution in [3.63, 3.8) is 0 Å². The molecule has 124 valence electrons. The lowest BCUT2D eigenvalue weighted by Crippen LogP contribution is -2.38. The summed E-state index contributed by atoms with van der Waals surface area (Å²) in [4.78, 5) is 4.49. The Labute approximate surface area is 136 Å². The molecule has 0 saturated carbocycles. The van der Waals surface area contributed by atoms with E-state index in [-0.39, 0.29) is 5.82 Å². The monoisotopic (exact) mass is 317 g/mol. The second-order valence-corrected chi connectivity index (χ2v) is 5.33. The molecule has 0 aliphatic heterocycles. The van der Waals surface area contributed by atoms with Crippen LogP contribution in [0.25, 0.3) is 0 Å². The van der Waals surface area contributed by atoms with Crippen LogP contribution in [-0.4, -0.2) is 28.8 Å². The molecule has 0 saturated heterocycles. The van der Waals surface area contributed by atoms with Gasteiger partial charge in [0.1, 0.15) is 5.82 Å². The van der Waals surface area contributed by atoms with Gasteiger partial charge >= 0.3 is 0 Å². The fourth-order valence-corrected chi connectivity index (χ4v) is 2.13. The molecule has 5 nitrogen and oxygen atoms in total. The predicted octanol–water partition coefficient (Wildman–Crippen LogP) is 2.48. The van der Waals surface area contributed by atoms with E-state index in [9.17, 15) is 4.39 Å². The van der Waals surface area contributed by atoms with Crippen molar-refractivity contribution in [1.29, 1.82) is 0 Å². The van der Waals surface area contributed by atoms with Gasteiger partial charge in [0.2, 0.25) is 0 Å². The second-order valence-electron chi connectivity index (χ2n) is 5.33. The highest BCUT2D eigenvalue weighted by atomic mass is 19.1. The molecular formula is C17H24FN5. The van der Waals surface area contributed by atoms with Gasteiger partial charge in [-0.05, 0) is 43.5 Å². The van der Waals surface area contributed by atoms with Gasteiger partial charge in [-0.25, -0.2) is 9.38 Å². The first-order chi connectivity index (χ1) is 11.2. The van der Waals surface area contributed by atoms with Crippen LogP contribution in [0.5, 0.6) is 0 Å². The maximum Gasteiger partial charge on any atom is 0.191 e. The minimum atomic E-state index is -0.185. The maximum absolute atomic E-state index is 13.5. The molecule has 0 unspecified atom stereocenters. The molecule has 1 aromatic carbocycles. The number of benzene rings is 1. The Morgan fingerprint density at radius 1 is 1.35 bits per heavy atom. The molecule has 1 heterocycles. The van der Waals surface area contributed by atoms with Crippen LogP contribution in [0.4, 0.5) is 4.39 Å². The topological polar surface area (TPSA) is 54.2 Å². The first-order valence-corrected chi connectivity index (χ1v) is 7.93. The molecular weight excluding hydrogens is 293 g/mol. The highest BCUT2D eigenvalue weighted by Gasteiger charge is 2.01. The second kappa shape index (κ2) is 8.92. The van der Waals surface area contributed by atoms with Gasteiger partial charge in [0.25, 0.3) is 0 Å². The number of guanidine groups is 1. The number of aromatic nitrogens is 2. The van der Waals surface area contributed by atoms with Crippen LogP contribution in [0.3, 0.4) is 0 Å². The Hall–Kier alpha value is -2.37. The lowest BCUT2D eigenvalue weighted by atomic mass is 10.1. The lowest BCUT2D eigenvalue weighted by molar-refractivity contribution is 0.570. The van der Waals surface area contributed by atoms with Crippen molar-refractivity contribution < 1.29 is 4.39 Å². The van der Waals surface area contributed by atoms with E-state index in [1.165, 1.54) is 0 Å². The van der Waals surface area contributed by atoms with Crippen molar-refractivity contribution in [1.82, 2.24) is 20.4 Å². The van der Waals surface area contributed by atoms with E-state index in [0.29, 0.717) is 12.1 Å². The quantitative estimate of drug-likeness (QED) is 0.469. The number of aryl methyl sites for hydroxylation is 2. The van der Waals surface area contributed by atoms with Crippen LogP contribution in [0.15, 0.2) is 41.7 Å². The summed E-state index contributed by atoms with van der Waals surface area (Å²) in [7, 11) is 0. The third kappa shape index (κ3) is 5.73. The highest BCUT2D eigenvalue weighted by molar-refractivity contribution is 5.79. The van der Waals surface area contributed by atoms with Crippen LogP contribution in [0.2, 0.25) is 0 Å². The zero-order chi connectivity index (χ0) is 16.5. The molecule has 0 radical (unpaired) electrons. The highest BCUT2D eigenvalue weighted by Crippen LogP contribution is 2.09. The number of hydrogen-bond acceptors (Lipinski definition) is 2. The van der Waals surface area contributed by atoms with Gasteiger partial charge in [-0.15, -0.1) is 0 Å². The standard InChI is InChI=1S/C17H24FN5/c1-3-19-17(20-8-4-10-23-11-5-9-22-23)21-13-15-7-6-14(2)16(18)12-15/h5-7,9,11-12H,3-4,8,10,13H2,1-2H3,(H2,19,20,21). The van der Waals surface area contributed by atoms with Crippen LogP contribution in [-0.2, 0) is 13.1 Å². The average molecular weight is 317 g/mol. The number of nitrogens with one attached hydrogen (secondary N) is 2. The first kappa shape index (κ1) is 17.0. The van der Waals surface area contributed by atoms with Crippen LogP contribution >= 0.6 is 0 Å². The van der Waals surface area contributed by atoms with Crippen molar-refractivity contribution in [2.45, 2.75) is 33.4 Å². The Kier molecular flexibility index (Phi) is 6.59. The van der Waals surface area contributed by atoms with E-state index in [2.05, 4.69) is 20.7 Å². The van der Waals surface area contributed by atoms with Gasteiger partial charge in [0, 0.05) is 32.0 Å². The van der Waals surface area contributed by atoms with Crippen LogP contribution in [0.1, 0.15) is 24.5 Å². The number of aliphatic imine (C=N–C) groups is 1. The predicted molar refractivity (Wildman–Crippen MR) is 90.8 cm³/mol. The summed E-state index contributed by atoms with van der Waals surface area (Å²) in [6.07, 6.45) is 4.68. The molecule has 0 amide bonds. The van der Waals surface area contributed by atoms with Gasteiger partial charge in [-0.1, -0.05) is 12.1 Å². The minimum Gasteiger partial charge on any atom is -0.357 e. The van der Waals surface area contributed by atoms with Crippen LogP contribution < -0.4 is 10.6 Å².